The molecule has 166 valence electrons. The van der Waals surface area contributed by atoms with E-state index in [1.807, 2.05) is 42.5 Å². The van der Waals surface area contributed by atoms with Crippen molar-refractivity contribution in [3.8, 4) is 5.88 Å². The molecule has 1 aromatic carbocycles. The van der Waals surface area contributed by atoms with Crippen LogP contribution in [0.2, 0.25) is 0 Å². The van der Waals surface area contributed by atoms with Gasteiger partial charge in [0.1, 0.15) is 12.4 Å². The third-order valence-corrected chi connectivity index (χ3v) is 5.93. The van der Waals surface area contributed by atoms with E-state index in [4.69, 9.17) is 9.47 Å². The molecular formula is C25H27N3O4. The molecular weight excluding hydrogens is 406 g/mol. The van der Waals surface area contributed by atoms with Crippen molar-refractivity contribution in [1.29, 1.82) is 0 Å². The number of aromatic nitrogens is 2. The van der Waals surface area contributed by atoms with Crippen LogP contribution in [0.1, 0.15) is 36.8 Å². The van der Waals surface area contributed by atoms with Gasteiger partial charge in [-0.1, -0.05) is 30.3 Å². The Morgan fingerprint density at radius 1 is 1.03 bits per heavy atom. The van der Waals surface area contributed by atoms with Crippen LogP contribution >= 0.6 is 0 Å². The molecule has 1 aliphatic rings. The van der Waals surface area contributed by atoms with Gasteiger partial charge in [0.2, 0.25) is 5.88 Å². The molecule has 32 heavy (non-hydrogen) atoms. The topological polar surface area (TPSA) is 90.4 Å². The molecule has 2 heterocycles. The minimum atomic E-state index is -0.410. The minimum Gasteiger partial charge on any atom is -0.481 e. The Morgan fingerprint density at radius 3 is 2.56 bits per heavy atom. The first-order valence-electron chi connectivity index (χ1n) is 10.9. The normalized spacial score (nSPS) is 18.2. The molecule has 0 aliphatic heterocycles. The number of benzene rings is 1. The first-order chi connectivity index (χ1) is 15.6. The number of Topliss-reactive ketones (excluding diaryl/α,β-unsaturated/α-hetero) is 1. The van der Waals surface area contributed by atoms with Crippen LogP contribution in [0.25, 0.3) is 11.0 Å². The number of ether oxygens (including phenoxy) is 2. The van der Waals surface area contributed by atoms with Crippen LogP contribution in [0.5, 0.6) is 5.88 Å². The smallest absolute Gasteiger partial charge is 0.407 e. The van der Waals surface area contributed by atoms with Gasteiger partial charge in [0.25, 0.3) is 0 Å². The number of amides is 1. The van der Waals surface area contributed by atoms with Crippen molar-refractivity contribution in [3.05, 3.63) is 65.9 Å². The molecule has 7 nitrogen and oxygen atoms in total. The Balaban J connectivity index is 1.27. The highest BCUT2D eigenvalue weighted by molar-refractivity contribution is 5.88. The van der Waals surface area contributed by atoms with Gasteiger partial charge in [-0.15, -0.1) is 0 Å². The number of nitrogens with zero attached hydrogens (tertiary/aromatic N) is 2. The van der Waals surface area contributed by atoms with E-state index < -0.39 is 6.09 Å². The molecule has 1 fully saturated rings. The highest BCUT2D eigenvalue weighted by Crippen LogP contribution is 2.27. The monoisotopic (exact) mass is 433 g/mol. The number of carbonyl (C=O) groups excluding carboxylic acids is 2. The summed E-state index contributed by atoms with van der Waals surface area (Å²) in [5.74, 6) is 0.694. The van der Waals surface area contributed by atoms with E-state index in [-0.39, 0.29) is 24.3 Å². The number of fused-ring (bicyclic) bond motifs is 1. The predicted molar refractivity (Wildman–Crippen MR) is 120 cm³/mol. The quantitative estimate of drug-likeness (QED) is 0.600. The van der Waals surface area contributed by atoms with Crippen molar-refractivity contribution >= 4 is 22.9 Å². The highest BCUT2D eigenvalue weighted by atomic mass is 16.5. The Morgan fingerprint density at radius 2 is 1.81 bits per heavy atom. The largest absolute Gasteiger partial charge is 0.481 e. The molecule has 0 radical (unpaired) electrons. The molecule has 4 rings (SSSR count). The maximum atomic E-state index is 13.0. The number of rotatable bonds is 7. The van der Waals surface area contributed by atoms with Crippen LogP contribution in [0, 0.1) is 5.92 Å². The van der Waals surface area contributed by atoms with Crippen LogP contribution < -0.4 is 10.1 Å². The van der Waals surface area contributed by atoms with Crippen LogP contribution in [-0.4, -0.2) is 35.0 Å². The van der Waals surface area contributed by atoms with E-state index in [1.54, 1.807) is 19.4 Å². The van der Waals surface area contributed by atoms with Gasteiger partial charge >= 0.3 is 6.09 Å². The summed E-state index contributed by atoms with van der Waals surface area (Å²) in [7, 11) is 1.57. The number of ketones is 1. The van der Waals surface area contributed by atoms with Crippen molar-refractivity contribution in [1.82, 2.24) is 15.3 Å². The highest BCUT2D eigenvalue weighted by Gasteiger charge is 2.27. The lowest BCUT2D eigenvalue weighted by Crippen LogP contribution is -2.39. The fourth-order valence-corrected chi connectivity index (χ4v) is 4.14. The number of hydrogen-bond donors (Lipinski definition) is 1. The van der Waals surface area contributed by atoms with Gasteiger partial charge in [-0.2, -0.15) is 0 Å². The summed E-state index contributed by atoms with van der Waals surface area (Å²) in [5, 5.41) is 2.93. The summed E-state index contributed by atoms with van der Waals surface area (Å²) in [6.07, 6.45) is 4.65. The standard InChI is InChI=1S/C25H27N3O4/c1-31-23-12-11-21-24(28-23)19(13-14-26-21)15-22(29)18-7-9-20(10-8-18)27-25(30)32-16-17-5-3-2-4-6-17/h2-6,11-14,18,20H,7-10,15-16H2,1H3,(H,27,30). The summed E-state index contributed by atoms with van der Waals surface area (Å²) < 4.78 is 10.5. The molecule has 1 aliphatic carbocycles. The van der Waals surface area contributed by atoms with Crippen LogP contribution in [0.15, 0.2) is 54.7 Å². The average Bonchev–Trinajstić information content (AvgIpc) is 2.84. The second-order valence-electron chi connectivity index (χ2n) is 8.09. The molecule has 2 aromatic heterocycles. The van der Waals surface area contributed by atoms with Gasteiger partial charge in [0, 0.05) is 30.6 Å². The predicted octanol–water partition coefficient (Wildman–Crippen LogP) is 4.24. The number of pyridine rings is 2. The van der Waals surface area contributed by atoms with Crippen molar-refractivity contribution < 1.29 is 19.1 Å². The minimum absolute atomic E-state index is 0.0118. The van der Waals surface area contributed by atoms with Gasteiger partial charge in [-0.25, -0.2) is 9.78 Å². The van der Waals surface area contributed by atoms with Crippen molar-refractivity contribution in [2.45, 2.75) is 44.8 Å². The Kier molecular flexibility index (Phi) is 6.94. The van der Waals surface area contributed by atoms with E-state index in [2.05, 4.69) is 15.3 Å². The Bertz CT molecular complexity index is 1080. The Labute approximate surface area is 187 Å². The zero-order valence-electron chi connectivity index (χ0n) is 18.1. The third-order valence-electron chi connectivity index (χ3n) is 5.93. The summed E-state index contributed by atoms with van der Waals surface area (Å²) in [4.78, 5) is 33.9. The van der Waals surface area contributed by atoms with Gasteiger partial charge in [-0.3, -0.25) is 9.78 Å². The molecule has 0 bridgehead atoms. The molecule has 1 amide bonds. The lowest BCUT2D eigenvalue weighted by molar-refractivity contribution is -0.123. The summed E-state index contributed by atoms with van der Waals surface area (Å²) in [6.45, 7) is 0.249. The van der Waals surface area contributed by atoms with E-state index in [1.165, 1.54) is 0 Å². The van der Waals surface area contributed by atoms with E-state index >= 15 is 0 Å². The lowest BCUT2D eigenvalue weighted by atomic mass is 9.82. The van der Waals surface area contributed by atoms with Crippen molar-refractivity contribution in [3.63, 3.8) is 0 Å². The van der Waals surface area contributed by atoms with Gasteiger partial charge in [0.05, 0.1) is 18.1 Å². The van der Waals surface area contributed by atoms with Gasteiger partial charge in [0.15, 0.2) is 0 Å². The molecule has 0 saturated heterocycles. The second kappa shape index (κ2) is 10.2. The first kappa shape index (κ1) is 21.7. The lowest BCUT2D eigenvalue weighted by Gasteiger charge is -2.28. The van der Waals surface area contributed by atoms with Crippen molar-refractivity contribution in [2.75, 3.05) is 7.11 Å². The fraction of sp³-hybridized carbons (Fsp3) is 0.360. The van der Waals surface area contributed by atoms with E-state index in [9.17, 15) is 9.59 Å². The average molecular weight is 434 g/mol. The van der Waals surface area contributed by atoms with Crippen LogP contribution in [0.3, 0.4) is 0 Å². The first-order valence-corrected chi connectivity index (χ1v) is 10.9. The summed E-state index contributed by atoms with van der Waals surface area (Å²) in [6, 6.07) is 15.1. The molecule has 0 atom stereocenters. The van der Waals surface area contributed by atoms with Crippen LogP contribution in [0.4, 0.5) is 4.79 Å². The van der Waals surface area contributed by atoms with Crippen molar-refractivity contribution in [2.24, 2.45) is 5.92 Å². The molecule has 0 unspecified atom stereocenters. The molecule has 7 heteroatoms. The molecule has 1 saturated carbocycles. The molecule has 3 aromatic rings. The number of nitrogens with one attached hydrogen (secondary N) is 1. The van der Waals surface area contributed by atoms with Crippen LogP contribution in [-0.2, 0) is 22.6 Å². The maximum absolute atomic E-state index is 13.0. The zero-order valence-corrected chi connectivity index (χ0v) is 18.1. The summed E-state index contributed by atoms with van der Waals surface area (Å²) >= 11 is 0. The maximum Gasteiger partial charge on any atom is 0.407 e. The number of alkyl carbamates (subject to hydrolysis) is 1. The van der Waals surface area contributed by atoms with E-state index in [0.29, 0.717) is 17.8 Å². The zero-order chi connectivity index (χ0) is 22.3. The summed E-state index contributed by atoms with van der Waals surface area (Å²) in [5.41, 5.74) is 3.27. The SMILES string of the molecule is COc1ccc2nccc(CC(=O)C3CCC(NC(=O)OCc4ccccc4)CC3)c2n1. The fourth-order valence-electron chi connectivity index (χ4n) is 4.14. The number of methoxy groups -OCH3 is 1. The molecule has 0 spiro atoms. The van der Waals surface area contributed by atoms with E-state index in [0.717, 1.165) is 42.3 Å². The van der Waals surface area contributed by atoms with Gasteiger partial charge < -0.3 is 14.8 Å². The third kappa shape index (κ3) is 5.41. The second-order valence-corrected chi connectivity index (χ2v) is 8.09. The molecule has 1 N–H and O–H groups in total. The Hall–Kier alpha value is -3.48. The van der Waals surface area contributed by atoms with Gasteiger partial charge in [-0.05, 0) is 48.9 Å². The number of carbonyl (C=O) groups is 2. The number of hydrogen-bond acceptors (Lipinski definition) is 6.